The third-order valence-corrected chi connectivity index (χ3v) is 9.56. The zero-order valence-electron chi connectivity index (χ0n) is 16.9. The van der Waals surface area contributed by atoms with Crippen molar-refractivity contribution in [3.63, 3.8) is 0 Å². The molecule has 0 heterocycles. The van der Waals surface area contributed by atoms with Gasteiger partial charge in [-0.15, -0.1) is 0 Å². The van der Waals surface area contributed by atoms with Gasteiger partial charge in [0.1, 0.15) is 0 Å². The number of nitrogens with zero attached hydrogens (tertiary/aromatic N) is 4. The van der Waals surface area contributed by atoms with Crippen LogP contribution in [0.3, 0.4) is 0 Å². The van der Waals surface area contributed by atoms with E-state index in [2.05, 4.69) is 73.7 Å². The molecule has 6 heteroatoms. The molecule has 0 atom stereocenters. The fraction of sp³-hybridized carbons (Fsp3) is 1.00. The third kappa shape index (κ3) is 12.8. The molecule has 0 aromatic carbocycles. The van der Waals surface area contributed by atoms with E-state index in [1.165, 1.54) is 52.4 Å². The average molecular weight is 349 g/mol. The predicted molar refractivity (Wildman–Crippen MR) is 109 cm³/mol. The Balaban J connectivity index is 0. The summed E-state index contributed by atoms with van der Waals surface area (Å²) in [6.45, 7) is 27.8. The van der Waals surface area contributed by atoms with E-state index in [0.29, 0.717) is 0 Å². The SMILES string of the molecule is CCN(CC)[SiH2]N(CC)CC.CCN(CC)[SiH2]N(CC)CC. The zero-order valence-corrected chi connectivity index (χ0v) is 19.7. The molecule has 0 aliphatic heterocycles. The van der Waals surface area contributed by atoms with Crippen molar-refractivity contribution in [1.29, 1.82) is 0 Å². The smallest absolute Gasteiger partial charge is 0.172 e. The van der Waals surface area contributed by atoms with Crippen molar-refractivity contribution in [2.24, 2.45) is 0 Å². The van der Waals surface area contributed by atoms with Crippen LogP contribution in [0.1, 0.15) is 55.4 Å². The first-order valence-electron chi connectivity index (χ1n) is 9.45. The van der Waals surface area contributed by atoms with Crippen LogP contribution in [0.5, 0.6) is 0 Å². The van der Waals surface area contributed by atoms with Gasteiger partial charge in [0.15, 0.2) is 19.7 Å². The van der Waals surface area contributed by atoms with Gasteiger partial charge < -0.3 is 18.3 Å². The maximum absolute atomic E-state index is 2.58. The highest BCUT2D eigenvalue weighted by atomic mass is 28.2. The minimum absolute atomic E-state index is 0.0941. The lowest BCUT2D eigenvalue weighted by Crippen LogP contribution is -2.41. The monoisotopic (exact) mass is 348 g/mol. The van der Waals surface area contributed by atoms with Crippen molar-refractivity contribution in [3.05, 3.63) is 0 Å². The van der Waals surface area contributed by atoms with Crippen molar-refractivity contribution >= 4 is 19.7 Å². The van der Waals surface area contributed by atoms with Gasteiger partial charge in [-0.25, -0.2) is 0 Å². The van der Waals surface area contributed by atoms with Crippen molar-refractivity contribution in [2.45, 2.75) is 55.4 Å². The Bertz CT molecular complexity index is 162. The second-order valence-electron chi connectivity index (χ2n) is 5.50. The fourth-order valence-electron chi connectivity index (χ4n) is 2.26. The summed E-state index contributed by atoms with van der Waals surface area (Å²) in [5, 5.41) is 0. The van der Waals surface area contributed by atoms with Gasteiger partial charge in [-0.2, -0.15) is 0 Å². The lowest BCUT2D eigenvalue weighted by Gasteiger charge is -2.26. The summed E-state index contributed by atoms with van der Waals surface area (Å²) >= 11 is 0. The Morgan fingerprint density at radius 1 is 0.364 bits per heavy atom. The summed E-state index contributed by atoms with van der Waals surface area (Å²) in [6.07, 6.45) is 0. The second kappa shape index (κ2) is 17.6. The average Bonchev–Trinajstić information content (AvgIpc) is 2.58. The van der Waals surface area contributed by atoms with E-state index < -0.39 is 0 Å². The van der Waals surface area contributed by atoms with E-state index in [-0.39, 0.29) is 19.7 Å². The summed E-state index contributed by atoms with van der Waals surface area (Å²) < 4.78 is 10.3. The molecule has 0 N–H and O–H groups in total. The minimum atomic E-state index is -0.0941. The first-order chi connectivity index (χ1) is 10.6. The van der Waals surface area contributed by atoms with Gasteiger partial charge in [0.25, 0.3) is 0 Å². The van der Waals surface area contributed by atoms with Gasteiger partial charge in [-0.05, 0) is 52.4 Å². The Hall–Kier alpha value is 0.274. The van der Waals surface area contributed by atoms with Crippen LogP contribution < -0.4 is 0 Å². The number of rotatable bonds is 12. The normalized spacial score (nSPS) is 11.5. The van der Waals surface area contributed by atoms with Gasteiger partial charge in [0, 0.05) is 0 Å². The van der Waals surface area contributed by atoms with Gasteiger partial charge >= 0.3 is 0 Å². The molecule has 0 radical (unpaired) electrons. The van der Waals surface area contributed by atoms with E-state index in [4.69, 9.17) is 0 Å². The molecule has 136 valence electrons. The van der Waals surface area contributed by atoms with Crippen LogP contribution in [-0.2, 0) is 0 Å². The molecule has 0 spiro atoms. The highest BCUT2D eigenvalue weighted by Crippen LogP contribution is 1.90. The molecule has 0 bridgehead atoms. The molecular weight excluding hydrogens is 304 g/mol. The van der Waals surface area contributed by atoms with E-state index in [9.17, 15) is 0 Å². The Morgan fingerprint density at radius 2 is 0.500 bits per heavy atom. The fourth-order valence-corrected chi connectivity index (χ4v) is 4.99. The molecule has 0 aliphatic carbocycles. The molecule has 0 unspecified atom stereocenters. The molecule has 0 aromatic rings. The Labute approximate surface area is 146 Å². The van der Waals surface area contributed by atoms with E-state index >= 15 is 0 Å². The van der Waals surface area contributed by atoms with Crippen molar-refractivity contribution < 1.29 is 0 Å². The minimum Gasteiger partial charge on any atom is -0.317 e. The van der Waals surface area contributed by atoms with Crippen LogP contribution in [-0.4, -0.2) is 90.3 Å². The molecule has 4 nitrogen and oxygen atoms in total. The second-order valence-corrected chi connectivity index (χ2v) is 9.64. The van der Waals surface area contributed by atoms with E-state index in [1.54, 1.807) is 0 Å². The molecule has 0 rings (SSSR count). The maximum atomic E-state index is 2.58. The van der Waals surface area contributed by atoms with Crippen LogP contribution >= 0.6 is 0 Å². The molecule has 22 heavy (non-hydrogen) atoms. The summed E-state index contributed by atoms with van der Waals surface area (Å²) in [5.74, 6) is 0. The highest BCUT2D eigenvalue weighted by molar-refractivity contribution is 6.28. The molecule has 0 saturated heterocycles. The zero-order chi connectivity index (χ0) is 17.4. The molecular formula is C16H44N4Si2. The maximum Gasteiger partial charge on any atom is 0.172 e. The standard InChI is InChI=1S/2C8H22N2Si/c2*1-5-9(6-2)11-10(7-3)8-4/h2*5-8,11H2,1-4H3. The molecule has 0 amide bonds. The van der Waals surface area contributed by atoms with Crippen LogP contribution in [0.25, 0.3) is 0 Å². The first-order valence-corrected chi connectivity index (χ1v) is 12.0. The summed E-state index contributed by atoms with van der Waals surface area (Å²) in [5.41, 5.74) is 0. The molecule has 0 fully saturated rings. The van der Waals surface area contributed by atoms with Crippen LogP contribution in [0, 0.1) is 0 Å². The van der Waals surface area contributed by atoms with Crippen molar-refractivity contribution in [3.8, 4) is 0 Å². The largest absolute Gasteiger partial charge is 0.317 e. The topological polar surface area (TPSA) is 13.0 Å². The van der Waals surface area contributed by atoms with E-state index in [0.717, 1.165) is 0 Å². The van der Waals surface area contributed by atoms with Crippen LogP contribution in [0.15, 0.2) is 0 Å². The Kier molecular flexibility index (Phi) is 19.6. The third-order valence-electron chi connectivity index (χ3n) is 4.38. The summed E-state index contributed by atoms with van der Waals surface area (Å²) in [7, 11) is -0.188. The highest BCUT2D eigenvalue weighted by Gasteiger charge is 2.05. The van der Waals surface area contributed by atoms with Gasteiger partial charge in [0.2, 0.25) is 0 Å². The first kappa shape index (κ1) is 24.5. The molecule has 0 saturated carbocycles. The molecule has 0 aliphatic rings. The summed E-state index contributed by atoms with van der Waals surface area (Å²) in [6, 6.07) is 0. The quantitative estimate of drug-likeness (QED) is 0.493. The van der Waals surface area contributed by atoms with Gasteiger partial charge in [-0.3, -0.25) is 0 Å². The molecule has 0 aromatic heterocycles. The van der Waals surface area contributed by atoms with Gasteiger partial charge in [0.05, 0.1) is 0 Å². The summed E-state index contributed by atoms with van der Waals surface area (Å²) in [4.78, 5) is 0. The number of hydrogen-bond acceptors (Lipinski definition) is 4. The lowest BCUT2D eigenvalue weighted by atomic mass is 10.7. The Morgan fingerprint density at radius 3 is 0.591 bits per heavy atom. The van der Waals surface area contributed by atoms with Crippen molar-refractivity contribution in [2.75, 3.05) is 52.4 Å². The van der Waals surface area contributed by atoms with Crippen LogP contribution in [0.4, 0.5) is 0 Å². The van der Waals surface area contributed by atoms with Gasteiger partial charge in [-0.1, -0.05) is 55.4 Å². The van der Waals surface area contributed by atoms with Crippen molar-refractivity contribution in [1.82, 2.24) is 18.3 Å². The van der Waals surface area contributed by atoms with E-state index in [1.807, 2.05) is 0 Å². The predicted octanol–water partition coefficient (Wildman–Crippen LogP) is 1.34. The lowest BCUT2D eigenvalue weighted by molar-refractivity contribution is 0.401. The van der Waals surface area contributed by atoms with Crippen LogP contribution in [0.2, 0.25) is 0 Å². The number of hydrogen-bond donors (Lipinski definition) is 0.